The Hall–Kier alpha value is -4.53. The van der Waals surface area contributed by atoms with Crippen LogP contribution in [0.5, 0.6) is 5.75 Å². The highest BCUT2D eigenvalue weighted by molar-refractivity contribution is 6.02. The number of benzene rings is 2. The molecular formula is C22H18N6O3. The van der Waals surface area contributed by atoms with Gasteiger partial charge in [0.2, 0.25) is 0 Å². The van der Waals surface area contributed by atoms with Crippen LogP contribution in [0.15, 0.2) is 67.1 Å². The molecule has 0 spiro atoms. The average molecular weight is 414 g/mol. The molecule has 0 aliphatic carbocycles. The molecule has 2 heterocycles. The number of hydrogen-bond acceptors (Lipinski definition) is 7. The van der Waals surface area contributed by atoms with Crippen LogP contribution in [0.2, 0.25) is 0 Å². The fourth-order valence-electron chi connectivity index (χ4n) is 2.93. The van der Waals surface area contributed by atoms with E-state index in [1.54, 1.807) is 48.5 Å². The predicted octanol–water partition coefficient (Wildman–Crippen LogP) is 3.78. The van der Waals surface area contributed by atoms with E-state index in [1.165, 1.54) is 18.6 Å². The van der Waals surface area contributed by atoms with Crippen molar-refractivity contribution in [3.8, 4) is 5.75 Å². The lowest BCUT2D eigenvalue weighted by Crippen LogP contribution is -2.17. The molecular weight excluding hydrogens is 396 g/mol. The van der Waals surface area contributed by atoms with Gasteiger partial charge >= 0.3 is 6.09 Å². The summed E-state index contributed by atoms with van der Waals surface area (Å²) in [5, 5.41) is 6.04. The van der Waals surface area contributed by atoms with E-state index in [0.29, 0.717) is 28.2 Å². The number of pyridine rings is 1. The molecule has 9 nitrogen and oxygen atoms in total. The van der Waals surface area contributed by atoms with Gasteiger partial charge in [-0.05, 0) is 55.5 Å². The Balaban J connectivity index is 1.38. The minimum atomic E-state index is -0.658. The molecule has 4 rings (SSSR count). The van der Waals surface area contributed by atoms with Gasteiger partial charge in [-0.3, -0.25) is 20.1 Å². The SMILES string of the molecule is Cc1cc(N)c2cc(OC(=O)Nc3ccc(NC(=O)c4cnccn4)cc3)ccc2n1. The van der Waals surface area contributed by atoms with Crippen LogP contribution in [0, 0.1) is 6.92 Å². The molecule has 0 fully saturated rings. The van der Waals surface area contributed by atoms with Gasteiger partial charge in [0, 0.05) is 40.5 Å². The van der Waals surface area contributed by atoms with Crippen LogP contribution in [-0.2, 0) is 0 Å². The molecule has 0 saturated carbocycles. The van der Waals surface area contributed by atoms with Crippen molar-refractivity contribution in [2.24, 2.45) is 0 Å². The molecule has 0 saturated heterocycles. The number of nitrogen functional groups attached to an aromatic ring is 1. The van der Waals surface area contributed by atoms with E-state index in [1.807, 2.05) is 6.92 Å². The summed E-state index contributed by atoms with van der Waals surface area (Å²) in [6.45, 7) is 1.86. The summed E-state index contributed by atoms with van der Waals surface area (Å²) >= 11 is 0. The summed E-state index contributed by atoms with van der Waals surface area (Å²) in [5.41, 5.74) is 9.38. The van der Waals surface area contributed by atoms with Gasteiger partial charge < -0.3 is 15.8 Å². The number of anilines is 3. The maximum atomic E-state index is 12.2. The standard InChI is InChI=1S/C22H18N6O3/c1-13-10-18(23)17-11-16(6-7-19(17)26-13)31-22(30)28-15-4-2-14(3-5-15)27-21(29)20-12-24-8-9-25-20/h2-12H,1H3,(H2,23,26)(H,27,29)(H,28,30). The Morgan fingerprint density at radius 3 is 2.42 bits per heavy atom. The summed E-state index contributed by atoms with van der Waals surface area (Å²) < 4.78 is 5.35. The summed E-state index contributed by atoms with van der Waals surface area (Å²) in [4.78, 5) is 36.5. The van der Waals surface area contributed by atoms with E-state index >= 15 is 0 Å². The van der Waals surface area contributed by atoms with Crippen molar-refractivity contribution in [3.05, 3.63) is 78.5 Å². The number of hydrogen-bond donors (Lipinski definition) is 3. The summed E-state index contributed by atoms with van der Waals surface area (Å²) in [6, 6.07) is 13.4. The number of ether oxygens (including phenoxy) is 1. The predicted molar refractivity (Wildman–Crippen MR) is 117 cm³/mol. The lowest BCUT2D eigenvalue weighted by Gasteiger charge is -2.10. The first-order chi connectivity index (χ1) is 15.0. The van der Waals surface area contributed by atoms with Crippen molar-refractivity contribution in [2.45, 2.75) is 6.92 Å². The lowest BCUT2D eigenvalue weighted by molar-refractivity contribution is 0.102. The first kappa shape index (κ1) is 19.8. The number of nitrogens with two attached hydrogens (primary N) is 1. The number of carbonyl (C=O) groups is 2. The number of nitrogens with zero attached hydrogens (tertiary/aromatic N) is 3. The highest BCUT2D eigenvalue weighted by Crippen LogP contribution is 2.25. The molecule has 2 aromatic heterocycles. The summed E-state index contributed by atoms with van der Waals surface area (Å²) in [6.07, 6.45) is 3.64. The number of aryl methyl sites for hydroxylation is 1. The van der Waals surface area contributed by atoms with Crippen molar-refractivity contribution in [2.75, 3.05) is 16.4 Å². The van der Waals surface area contributed by atoms with Gasteiger partial charge in [-0.2, -0.15) is 0 Å². The number of aromatic nitrogens is 3. The normalized spacial score (nSPS) is 10.5. The Morgan fingerprint density at radius 1 is 0.968 bits per heavy atom. The Bertz CT molecular complexity index is 1260. The summed E-state index contributed by atoms with van der Waals surface area (Å²) in [5.74, 6) is -0.0383. The van der Waals surface area contributed by atoms with E-state index < -0.39 is 6.09 Å². The van der Waals surface area contributed by atoms with Crippen molar-refractivity contribution in [1.82, 2.24) is 15.0 Å². The van der Waals surface area contributed by atoms with Gasteiger partial charge in [-0.15, -0.1) is 0 Å². The van der Waals surface area contributed by atoms with Crippen molar-refractivity contribution in [3.63, 3.8) is 0 Å². The molecule has 0 radical (unpaired) electrons. The van der Waals surface area contributed by atoms with Gasteiger partial charge in [-0.25, -0.2) is 9.78 Å². The molecule has 0 unspecified atom stereocenters. The third-order valence-electron chi connectivity index (χ3n) is 4.34. The molecule has 2 aromatic carbocycles. The second kappa shape index (κ2) is 8.46. The number of rotatable bonds is 4. The highest BCUT2D eigenvalue weighted by Gasteiger charge is 2.10. The first-order valence-electron chi connectivity index (χ1n) is 9.31. The second-order valence-electron chi connectivity index (χ2n) is 6.67. The fourth-order valence-corrected chi connectivity index (χ4v) is 2.93. The van der Waals surface area contributed by atoms with Crippen LogP contribution < -0.4 is 21.1 Å². The fraction of sp³-hybridized carbons (Fsp3) is 0.0455. The Morgan fingerprint density at radius 2 is 1.71 bits per heavy atom. The van der Waals surface area contributed by atoms with Crippen LogP contribution in [0.25, 0.3) is 10.9 Å². The molecule has 0 aliphatic heterocycles. The third-order valence-corrected chi connectivity index (χ3v) is 4.34. The number of fused-ring (bicyclic) bond motifs is 1. The van der Waals surface area contributed by atoms with Gasteiger partial charge in [0.05, 0.1) is 11.7 Å². The topological polar surface area (TPSA) is 132 Å². The Labute approximate surface area is 177 Å². The molecule has 4 aromatic rings. The molecule has 0 atom stereocenters. The van der Waals surface area contributed by atoms with Crippen molar-refractivity contribution >= 4 is 40.0 Å². The zero-order valence-corrected chi connectivity index (χ0v) is 16.5. The van der Waals surface area contributed by atoms with Crippen molar-refractivity contribution < 1.29 is 14.3 Å². The summed E-state index contributed by atoms with van der Waals surface area (Å²) in [7, 11) is 0. The average Bonchev–Trinajstić information content (AvgIpc) is 2.76. The molecule has 2 amide bonds. The number of nitrogens with one attached hydrogen (secondary N) is 2. The second-order valence-corrected chi connectivity index (χ2v) is 6.67. The largest absolute Gasteiger partial charge is 0.417 e. The molecule has 0 aliphatic rings. The minimum absolute atomic E-state index is 0.203. The van der Waals surface area contributed by atoms with Crippen molar-refractivity contribution in [1.29, 1.82) is 0 Å². The maximum Gasteiger partial charge on any atom is 0.417 e. The van der Waals surface area contributed by atoms with Crippen LogP contribution in [0.3, 0.4) is 0 Å². The van der Waals surface area contributed by atoms with E-state index in [9.17, 15) is 9.59 Å². The van der Waals surface area contributed by atoms with E-state index in [0.717, 1.165) is 11.2 Å². The zero-order valence-electron chi connectivity index (χ0n) is 16.5. The van der Waals surface area contributed by atoms with Crippen LogP contribution in [0.4, 0.5) is 21.9 Å². The van der Waals surface area contributed by atoms with Crippen LogP contribution >= 0.6 is 0 Å². The third kappa shape index (κ3) is 4.73. The van der Waals surface area contributed by atoms with E-state index in [2.05, 4.69) is 25.6 Å². The molecule has 31 heavy (non-hydrogen) atoms. The molecule has 4 N–H and O–H groups in total. The van der Waals surface area contributed by atoms with Gasteiger partial charge in [0.25, 0.3) is 5.91 Å². The molecule has 0 bridgehead atoms. The first-order valence-corrected chi connectivity index (χ1v) is 9.31. The van der Waals surface area contributed by atoms with Crippen LogP contribution in [-0.4, -0.2) is 27.0 Å². The van der Waals surface area contributed by atoms with Gasteiger partial charge in [0.1, 0.15) is 11.4 Å². The van der Waals surface area contributed by atoms with Gasteiger partial charge in [0.15, 0.2) is 0 Å². The van der Waals surface area contributed by atoms with E-state index in [-0.39, 0.29) is 11.6 Å². The molecule has 154 valence electrons. The minimum Gasteiger partial charge on any atom is -0.410 e. The van der Waals surface area contributed by atoms with Crippen LogP contribution in [0.1, 0.15) is 16.2 Å². The zero-order chi connectivity index (χ0) is 21.8. The smallest absolute Gasteiger partial charge is 0.410 e. The quantitative estimate of drug-likeness (QED) is 0.463. The number of amides is 2. The van der Waals surface area contributed by atoms with Gasteiger partial charge in [-0.1, -0.05) is 0 Å². The lowest BCUT2D eigenvalue weighted by atomic mass is 10.1. The highest BCUT2D eigenvalue weighted by atomic mass is 16.6. The molecule has 9 heteroatoms. The van der Waals surface area contributed by atoms with E-state index in [4.69, 9.17) is 10.5 Å². The maximum absolute atomic E-state index is 12.2. The Kier molecular flexibility index (Phi) is 5.39. The number of carbonyl (C=O) groups excluding carboxylic acids is 2. The monoisotopic (exact) mass is 414 g/mol.